The van der Waals surface area contributed by atoms with E-state index in [1.54, 1.807) is 5.56 Å². The first kappa shape index (κ1) is 26.7. The number of likely N-dealkylation sites (tertiary alicyclic amines) is 1. The number of ether oxygens (including phenoxy) is 2. The van der Waals surface area contributed by atoms with E-state index in [2.05, 4.69) is 54.1 Å². The van der Waals surface area contributed by atoms with Crippen molar-refractivity contribution < 1.29 is 9.47 Å². The number of hydrogen-bond donors (Lipinski definition) is 0. The SMILES string of the molecule is CCCC(CC1(C2CCN(CCCOc3ccc(C#N)cc3)CC2)CN(C)Cc2ccccc21)OC. The maximum atomic E-state index is 8.94. The summed E-state index contributed by atoms with van der Waals surface area (Å²) in [6.45, 7) is 8.52. The lowest BCUT2D eigenvalue weighted by atomic mass is 9.61. The topological polar surface area (TPSA) is 48.7 Å². The van der Waals surface area contributed by atoms with Crippen LogP contribution in [0.1, 0.15) is 62.1 Å². The van der Waals surface area contributed by atoms with Gasteiger partial charge in [0.05, 0.1) is 24.3 Å². The van der Waals surface area contributed by atoms with E-state index in [1.165, 1.54) is 18.4 Å². The van der Waals surface area contributed by atoms with Crippen molar-refractivity contribution >= 4 is 0 Å². The molecule has 1 saturated heterocycles. The van der Waals surface area contributed by atoms with Crippen LogP contribution in [0.3, 0.4) is 0 Å². The molecule has 2 aliphatic heterocycles. The molecule has 1 fully saturated rings. The predicted molar refractivity (Wildman–Crippen MR) is 145 cm³/mol. The molecular weight excluding hydrogens is 446 g/mol. The zero-order valence-electron chi connectivity index (χ0n) is 22.4. The van der Waals surface area contributed by atoms with Crippen molar-refractivity contribution in [1.29, 1.82) is 5.26 Å². The van der Waals surface area contributed by atoms with E-state index in [-0.39, 0.29) is 5.41 Å². The molecule has 194 valence electrons. The summed E-state index contributed by atoms with van der Waals surface area (Å²) in [4.78, 5) is 5.15. The van der Waals surface area contributed by atoms with Gasteiger partial charge in [0.15, 0.2) is 0 Å². The van der Waals surface area contributed by atoms with Crippen LogP contribution in [-0.2, 0) is 16.7 Å². The van der Waals surface area contributed by atoms with Gasteiger partial charge in [-0.1, -0.05) is 37.6 Å². The fourth-order valence-corrected chi connectivity index (χ4v) is 6.59. The van der Waals surface area contributed by atoms with Crippen molar-refractivity contribution in [3.8, 4) is 11.8 Å². The highest BCUT2D eigenvalue weighted by Crippen LogP contribution is 2.47. The van der Waals surface area contributed by atoms with Crippen LogP contribution in [0.25, 0.3) is 0 Å². The van der Waals surface area contributed by atoms with Crippen molar-refractivity contribution in [1.82, 2.24) is 9.80 Å². The average molecular weight is 490 g/mol. The van der Waals surface area contributed by atoms with Gasteiger partial charge < -0.3 is 19.3 Å². The van der Waals surface area contributed by atoms with Crippen LogP contribution in [0.15, 0.2) is 48.5 Å². The third kappa shape index (κ3) is 6.29. The molecule has 0 aromatic heterocycles. The quantitative estimate of drug-likeness (QED) is 0.383. The van der Waals surface area contributed by atoms with Crippen molar-refractivity contribution in [2.75, 3.05) is 46.9 Å². The molecule has 2 aromatic carbocycles. The Hall–Kier alpha value is -2.39. The lowest BCUT2D eigenvalue weighted by Gasteiger charge is -2.51. The molecule has 36 heavy (non-hydrogen) atoms. The second-order valence-electron chi connectivity index (χ2n) is 10.8. The maximum Gasteiger partial charge on any atom is 0.119 e. The maximum absolute atomic E-state index is 8.94. The third-order valence-corrected chi connectivity index (χ3v) is 8.32. The molecule has 2 heterocycles. The standard InChI is InChI=1S/C31H43N3O2/c1-4-8-29(35-3)21-31(24-33(2)23-26-9-5-6-10-30(26)31)27-15-18-34(19-16-27)17-7-20-36-28-13-11-25(22-32)12-14-28/h5-6,9-14,27,29H,4,7-8,15-21,23-24H2,1-3H3. The van der Waals surface area contributed by atoms with Crippen LogP contribution in [0.2, 0.25) is 0 Å². The summed E-state index contributed by atoms with van der Waals surface area (Å²) in [5.74, 6) is 1.51. The van der Waals surface area contributed by atoms with Gasteiger partial charge in [-0.15, -0.1) is 0 Å². The Morgan fingerprint density at radius 2 is 1.86 bits per heavy atom. The van der Waals surface area contributed by atoms with Crippen LogP contribution >= 0.6 is 0 Å². The lowest BCUT2D eigenvalue weighted by molar-refractivity contribution is 0.0159. The Bertz CT molecular complexity index is 994. The highest BCUT2D eigenvalue weighted by Gasteiger charge is 2.46. The van der Waals surface area contributed by atoms with E-state index in [0.29, 0.717) is 24.2 Å². The van der Waals surface area contributed by atoms with Crippen molar-refractivity contribution in [2.24, 2.45) is 5.92 Å². The summed E-state index contributed by atoms with van der Waals surface area (Å²) in [7, 11) is 4.18. The molecule has 2 unspecified atom stereocenters. The molecule has 0 amide bonds. The minimum Gasteiger partial charge on any atom is -0.494 e. The Kier molecular flexibility index (Phi) is 9.42. The minimum absolute atomic E-state index is 0.157. The number of fused-ring (bicyclic) bond motifs is 1. The van der Waals surface area contributed by atoms with E-state index in [1.807, 2.05) is 31.4 Å². The predicted octanol–water partition coefficient (Wildman–Crippen LogP) is 5.63. The molecule has 5 heteroatoms. The van der Waals surface area contributed by atoms with E-state index >= 15 is 0 Å². The molecule has 0 radical (unpaired) electrons. The molecule has 2 aromatic rings. The van der Waals surface area contributed by atoms with E-state index < -0.39 is 0 Å². The van der Waals surface area contributed by atoms with Gasteiger partial charge in [0.25, 0.3) is 0 Å². The first-order chi connectivity index (χ1) is 17.6. The highest BCUT2D eigenvalue weighted by atomic mass is 16.5. The number of nitrogens with zero attached hydrogens (tertiary/aromatic N) is 3. The second-order valence-corrected chi connectivity index (χ2v) is 10.8. The number of likely N-dealkylation sites (N-methyl/N-ethyl adjacent to an activating group) is 1. The van der Waals surface area contributed by atoms with Gasteiger partial charge >= 0.3 is 0 Å². The highest BCUT2D eigenvalue weighted by molar-refractivity contribution is 5.38. The van der Waals surface area contributed by atoms with Crippen molar-refractivity contribution in [2.45, 2.75) is 63.5 Å². The van der Waals surface area contributed by atoms with Crippen LogP contribution in [0, 0.1) is 17.2 Å². The van der Waals surface area contributed by atoms with Crippen LogP contribution < -0.4 is 4.74 Å². The Morgan fingerprint density at radius 3 is 2.56 bits per heavy atom. The first-order valence-corrected chi connectivity index (χ1v) is 13.7. The molecule has 4 rings (SSSR count). The lowest BCUT2D eigenvalue weighted by Crippen LogP contribution is -2.53. The third-order valence-electron chi connectivity index (χ3n) is 8.32. The molecule has 0 N–H and O–H groups in total. The molecule has 0 saturated carbocycles. The Balaban J connectivity index is 1.38. The summed E-state index contributed by atoms with van der Waals surface area (Å²) in [6, 6.07) is 18.7. The zero-order valence-corrected chi connectivity index (χ0v) is 22.4. The summed E-state index contributed by atoms with van der Waals surface area (Å²) in [6.07, 6.45) is 7.21. The number of rotatable bonds is 11. The number of piperidine rings is 1. The number of methoxy groups -OCH3 is 1. The molecule has 2 aliphatic rings. The molecule has 2 atom stereocenters. The summed E-state index contributed by atoms with van der Waals surface area (Å²) in [5, 5.41) is 8.94. The fourth-order valence-electron chi connectivity index (χ4n) is 6.59. The van der Waals surface area contributed by atoms with E-state index in [9.17, 15) is 0 Å². The second kappa shape index (κ2) is 12.7. The van der Waals surface area contributed by atoms with Crippen LogP contribution in [0.4, 0.5) is 0 Å². The van der Waals surface area contributed by atoms with Gasteiger partial charge in [0.1, 0.15) is 5.75 Å². The summed E-state index contributed by atoms with van der Waals surface area (Å²) >= 11 is 0. The smallest absolute Gasteiger partial charge is 0.119 e. The first-order valence-electron chi connectivity index (χ1n) is 13.7. The van der Waals surface area contributed by atoms with Gasteiger partial charge in [-0.3, -0.25) is 0 Å². The van der Waals surface area contributed by atoms with Crippen molar-refractivity contribution in [3.05, 3.63) is 65.2 Å². The molecule has 5 nitrogen and oxygen atoms in total. The normalized spacial score (nSPS) is 22.1. The largest absolute Gasteiger partial charge is 0.494 e. The molecule has 0 spiro atoms. The monoisotopic (exact) mass is 489 g/mol. The van der Waals surface area contributed by atoms with Crippen LogP contribution in [0.5, 0.6) is 5.75 Å². The van der Waals surface area contributed by atoms with Gasteiger partial charge in [-0.25, -0.2) is 0 Å². The zero-order chi connectivity index (χ0) is 25.4. The van der Waals surface area contributed by atoms with Gasteiger partial charge in [0.2, 0.25) is 0 Å². The molecular formula is C31H43N3O2. The number of nitriles is 1. The van der Waals surface area contributed by atoms with Gasteiger partial charge in [-0.2, -0.15) is 5.26 Å². The molecule has 0 aliphatic carbocycles. The van der Waals surface area contributed by atoms with Gasteiger partial charge in [-0.05, 0) is 93.6 Å². The minimum atomic E-state index is 0.157. The number of hydrogen-bond acceptors (Lipinski definition) is 5. The average Bonchev–Trinajstić information content (AvgIpc) is 2.91. The van der Waals surface area contributed by atoms with Gasteiger partial charge in [0, 0.05) is 32.2 Å². The van der Waals surface area contributed by atoms with E-state index in [0.717, 1.165) is 64.2 Å². The number of benzene rings is 2. The van der Waals surface area contributed by atoms with Crippen molar-refractivity contribution in [3.63, 3.8) is 0 Å². The Morgan fingerprint density at radius 1 is 1.11 bits per heavy atom. The Labute approximate surface area is 218 Å². The summed E-state index contributed by atoms with van der Waals surface area (Å²) in [5.41, 5.74) is 3.90. The summed E-state index contributed by atoms with van der Waals surface area (Å²) < 4.78 is 11.9. The fraction of sp³-hybridized carbons (Fsp3) is 0.581. The van der Waals surface area contributed by atoms with Crippen LogP contribution in [-0.4, -0.2) is 62.8 Å². The molecule has 0 bridgehead atoms. The van der Waals surface area contributed by atoms with E-state index in [4.69, 9.17) is 14.7 Å².